The highest BCUT2D eigenvalue weighted by Crippen LogP contribution is 2.39. The monoisotopic (exact) mass is 414 g/mol. The number of rotatable bonds is 7. The van der Waals surface area contributed by atoms with E-state index >= 15 is 0 Å². The van der Waals surface area contributed by atoms with Gasteiger partial charge in [0.05, 0.1) is 15.6 Å². The lowest BCUT2D eigenvalue weighted by Gasteiger charge is -2.20. The molecule has 0 aliphatic heterocycles. The molecule has 8 nitrogen and oxygen atoms in total. The van der Waals surface area contributed by atoms with E-state index in [9.17, 15) is 22.4 Å². The van der Waals surface area contributed by atoms with Gasteiger partial charge in [-0.2, -0.15) is 13.5 Å². The summed E-state index contributed by atoms with van der Waals surface area (Å²) in [6.45, 7) is 5.73. The van der Waals surface area contributed by atoms with Crippen molar-refractivity contribution in [2.75, 3.05) is 18.0 Å². The number of halogens is 2. The molecule has 0 atom stereocenters. The second kappa shape index (κ2) is 8.40. The van der Waals surface area contributed by atoms with Crippen LogP contribution < -0.4 is 4.90 Å². The van der Waals surface area contributed by atoms with Gasteiger partial charge in [0.25, 0.3) is 5.69 Å². The third-order valence-electron chi connectivity index (χ3n) is 3.74. The third kappa shape index (κ3) is 4.98. The second-order valence-electron chi connectivity index (χ2n) is 5.36. The highest BCUT2D eigenvalue weighted by Gasteiger charge is 2.24. The normalized spacial score (nSPS) is 11.7. The van der Waals surface area contributed by atoms with E-state index in [2.05, 4.69) is 15.1 Å². The molecule has 0 aromatic heterocycles. The first-order chi connectivity index (χ1) is 12.7. The van der Waals surface area contributed by atoms with Crippen LogP contribution in [-0.2, 0) is 10.2 Å². The first-order valence-corrected chi connectivity index (χ1v) is 9.62. The van der Waals surface area contributed by atoms with Crippen LogP contribution >= 0.6 is 11.6 Å². The molecule has 0 saturated carbocycles. The van der Waals surface area contributed by atoms with Crippen molar-refractivity contribution < 1.29 is 17.2 Å². The Kier molecular flexibility index (Phi) is 6.45. The fourth-order valence-electron chi connectivity index (χ4n) is 2.37. The van der Waals surface area contributed by atoms with Gasteiger partial charge in [-0.25, -0.2) is 0 Å². The van der Waals surface area contributed by atoms with Crippen molar-refractivity contribution in [3.8, 4) is 0 Å². The zero-order valence-corrected chi connectivity index (χ0v) is 16.0. The SMILES string of the molecule is CCN(CC)c1ccc(N=Nc2c(Cl)cc(S(=O)(=O)F)cc2[N+](=O)[O-])cc1. The molecule has 0 bridgehead atoms. The van der Waals surface area contributed by atoms with E-state index in [1.165, 1.54) is 0 Å². The third-order valence-corrected chi connectivity index (χ3v) is 4.83. The Balaban J connectivity index is 2.40. The summed E-state index contributed by atoms with van der Waals surface area (Å²) >= 11 is 5.86. The average Bonchev–Trinajstić information content (AvgIpc) is 2.61. The molecule has 11 heteroatoms. The summed E-state index contributed by atoms with van der Waals surface area (Å²) in [6.07, 6.45) is 0. The van der Waals surface area contributed by atoms with Crippen molar-refractivity contribution >= 4 is 44.6 Å². The highest BCUT2D eigenvalue weighted by atomic mass is 35.5. The second-order valence-corrected chi connectivity index (χ2v) is 7.11. The lowest BCUT2D eigenvalue weighted by molar-refractivity contribution is -0.384. The maximum Gasteiger partial charge on any atom is 0.332 e. The Labute approximate surface area is 160 Å². The smallest absolute Gasteiger partial charge is 0.332 e. The van der Waals surface area contributed by atoms with Crippen LogP contribution in [0.1, 0.15) is 13.8 Å². The van der Waals surface area contributed by atoms with E-state index in [1.807, 2.05) is 26.0 Å². The standard InChI is InChI=1S/C16H16ClFN4O4S/c1-3-21(4-2)12-7-5-11(6-8-12)19-20-16-14(17)9-13(27(18,25)26)10-15(16)22(23)24/h5-10H,3-4H2,1-2H3. The van der Waals surface area contributed by atoms with Gasteiger partial charge in [0.1, 0.15) is 4.90 Å². The summed E-state index contributed by atoms with van der Waals surface area (Å²) in [5.41, 5.74) is 0.281. The zero-order chi connectivity index (χ0) is 20.2. The predicted octanol–water partition coefficient (Wildman–Crippen LogP) is 5.17. The molecule has 2 rings (SSSR count). The van der Waals surface area contributed by atoms with Gasteiger partial charge in [-0.3, -0.25) is 10.1 Å². The van der Waals surface area contributed by atoms with E-state index in [4.69, 9.17) is 11.6 Å². The fourth-order valence-corrected chi connectivity index (χ4v) is 3.19. The summed E-state index contributed by atoms with van der Waals surface area (Å²) in [7, 11) is -5.15. The van der Waals surface area contributed by atoms with Crippen molar-refractivity contribution in [2.45, 2.75) is 18.7 Å². The number of nitro groups is 1. The molecule has 0 unspecified atom stereocenters. The van der Waals surface area contributed by atoms with Crippen molar-refractivity contribution in [3.63, 3.8) is 0 Å². The number of hydrogen-bond donors (Lipinski definition) is 0. The molecule has 0 aliphatic rings. The minimum absolute atomic E-state index is 0.359. The van der Waals surface area contributed by atoms with Crippen LogP contribution in [0.15, 0.2) is 51.5 Å². The Morgan fingerprint density at radius 1 is 1.15 bits per heavy atom. The average molecular weight is 415 g/mol. The van der Waals surface area contributed by atoms with Crippen LogP contribution in [0.4, 0.5) is 26.6 Å². The Morgan fingerprint density at radius 2 is 1.74 bits per heavy atom. The van der Waals surface area contributed by atoms with E-state index in [0.29, 0.717) is 11.8 Å². The van der Waals surface area contributed by atoms with Gasteiger partial charge < -0.3 is 4.90 Å². The van der Waals surface area contributed by atoms with Crippen LogP contribution in [0.3, 0.4) is 0 Å². The van der Waals surface area contributed by atoms with Crippen molar-refractivity contribution in [1.82, 2.24) is 0 Å². The summed E-state index contributed by atoms with van der Waals surface area (Å²) in [5.74, 6) is 0. The first kappa shape index (κ1) is 20.7. The summed E-state index contributed by atoms with van der Waals surface area (Å²) in [5, 5.41) is 18.4. The van der Waals surface area contributed by atoms with E-state index in [0.717, 1.165) is 24.8 Å². The molecular formula is C16H16ClFN4O4S. The molecule has 0 heterocycles. The van der Waals surface area contributed by atoms with Crippen LogP contribution in [-0.4, -0.2) is 26.4 Å². The topological polar surface area (TPSA) is 105 Å². The molecule has 0 fully saturated rings. The molecule has 27 heavy (non-hydrogen) atoms. The molecule has 2 aromatic carbocycles. The van der Waals surface area contributed by atoms with Gasteiger partial charge in [0, 0.05) is 24.8 Å². The lowest BCUT2D eigenvalue weighted by atomic mass is 10.2. The molecule has 144 valence electrons. The molecule has 0 aliphatic carbocycles. The number of nitrogens with zero attached hydrogens (tertiary/aromatic N) is 4. The van der Waals surface area contributed by atoms with Crippen LogP contribution in [0.25, 0.3) is 0 Å². The van der Waals surface area contributed by atoms with Gasteiger partial charge in [0.2, 0.25) is 0 Å². The maximum absolute atomic E-state index is 13.1. The van der Waals surface area contributed by atoms with Crippen LogP contribution in [0.2, 0.25) is 5.02 Å². The fraction of sp³-hybridized carbons (Fsp3) is 0.250. The zero-order valence-electron chi connectivity index (χ0n) is 14.5. The van der Waals surface area contributed by atoms with Crippen molar-refractivity contribution in [2.24, 2.45) is 10.2 Å². The van der Waals surface area contributed by atoms with E-state index in [-0.39, 0.29) is 5.69 Å². The van der Waals surface area contributed by atoms with Gasteiger partial charge in [-0.1, -0.05) is 11.6 Å². The minimum Gasteiger partial charge on any atom is -0.372 e. The van der Waals surface area contributed by atoms with Crippen molar-refractivity contribution in [1.29, 1.82) is 0 Å². The summed E-state index contributed by atoms with van der Waals surface area (Å²) in [4.78, 5) is 11.5. The van der Waals surface area contributed by atoms with Crippen LogP contribution in [0, 0.1) is 10.1 Å². The summed E-state index contributed by atoms with van der Waals surface area (Å²) in [6, 6.07) is 8.32. The van der Waals surface area contributed by atoms with Gasteiger partial charge in [-0.05, 0) is 44.2 Å². The van der Waals surface area contributed by atoms with Gasteiger partial charge in [-0.15, -0.1) is 9.00 Å². The number of nitro benzene ring substituents is 1. The molecular weight excluding hydrogens is 399 g/mol. The number of azo groups is 1. The quantitative estimate of drug-likeness (QED) is 0.269. The molecule has 0 amide bonds. The van der Waals surface area contributed by atoms with Crippen LogP contribution in [0.5, 0.6) is 0 Å². The summed E-state index contributed by atoms with van der Waals surface area (Å²) < 4.78 is 35.1. The molecule has 0 spiro atoms. The minimum atomic E-state index is -5.15. The molecule has 0 N–H and O–H groups in total. The molecule has 0 saturated heterocycles. The van der Waals surface area contributed by atoms with Gasteiger partial charge in [0.15, 0.2) is 5.69 Å². The Bertz CT molecular complexity index is 977. The number of hydrogen-bond acceptors (Lipinski definition) is 7. The van der Waals surface area contributed by atoms with E-state index in [1.54, 1.807) is 12.1 Å². The van der Waals surface area contributed by atoms with Crippen molar-refractivity contribution in [3.05, 3.63) is 51.5 Å². The first-order valence-electron chi connectivity index (χ1n) is 7.86. The van der Waals surface area contributed by atoms with E-state index < -0.39 is 30.8 Å². The maximum atomic E-state index is 13.1. The molecule has 2 aromatic rings. The highest BCUT2D eigenvalue weighted by molar-refractivity contribution is 7.86. The largest absolute Gasteiger partial charge is 0.372 e. The lowest BCUT2D eigenvalue weighted by Crippen LogP contribution is -2.21. The number of anilines is 1. The number of benzene rings is 2. The predicted molar refractivity (Wildman–Crippen MR) is 101 cm³/mol. The Hall–Kier alpha value is -2.59. The Morgan fingerprint density at radius 3 is 2.22 bits per heavy atom. The van der Waals surface area contributed by atoms with Gasteiger partial charge >= 0.3 is 10.2 Å². The molecule has 0 radical (unpaired) electrons.